The number of carboxylic acids is 1. The molecule has 5 nitrogen and oxygen atoms in total. The van der Waals surface area contributed by atoms with Crippen LogP contribution in [0.25, 0.3) is 0 Å². The van der Waals surface area contributed by atoms with Gasteiger partial charge in [0, 0.05) is 0 Å². The molecule has 6 N–H and O–H groups in total. The molecular formula is C6H15BN2O3. The summed E-state index contributed by atoms with van der Waals surface area (Å²) in [5, 5.41) is 17.5. The highest BCUT2D eigenvalue weighted by atomic mass is 16.4. The summed E-state index contributed by atoms with van der Waals surface area (Å²) >= 11 is 0. The number of rotatable bonds is 5. The molecule has 0 radical (unpaired) electrons. The zero-order chi connectivity index (χ0) is 9.78. The Bertz CT molecular complexity index is 157. The highest BCUT2D eigenvalue weighted by Crippen LogP contribution is 2.05. The molecule has 0 amide bonds. The number of carbonyl (C=O) groups is 1. The summed E-state index contributed by atoms with van der Waals surface area (Å²) < 4.78 is 0. The van der Waals surface area contributed by atoms with Crippen LogP contribution < -0.4 is 11.5 Å². The zero-order valence-corrected chi connectivity index (χ0v) is 7.16. The van der Waals surface area contributed by atoms with Crippen LogP contribution >= 0.6 is 0 Å². The lowest BCUT2D eigenvalue weighted by atomic mass is 9.87. The van der Waals surface area contributed by atoms with Gasteiger partial charge >= 0.3 is 5.97 Å². The summed E-state index contributed by atoms with van der Waals surface area (Å²) in [6.07, 6.45) is 1.20. The molecule has 6 heteroatoms. The summed E-state index contributed by atoms with van der Waals surface area (Å²) in [4.78, 5) is 10.2. The van der Waals surface area contributed by atoms with Crippen LogP contribution in [0.2, 0.25) is 0 Å². The van der Waals surface area contributed by atoms with Crippen molar-refractivity contribution in [3.05, 3.63) is 0 Å². The van der Waals surface area contributed by atoms with Crippen molar-refractivity contribution >= 4 is 13.8 Å². The molecule has 0 aromatic carbocycles. The molecule has 0 aliphatic heterocycles. The van der Waals surface area contributed by atoms with E-state index in [9.17, 15) is 4.79 Å². The monoisotopic (exact) mass is 174 g/mol. The van der Waals surface area contributed by atoms with Gasteiger partial charge in [-0.3, -0.25) is 4.79 Å². The Morgan fingerprint density at radius 1 is 1.67 bits per heavy atom. The van der Waals surface area contributed by atoms with Gasteiger partial charge < -0.3 is 21.7 Å². The predicted molar refractivity (Wildman–Crippen MR) is 47.1 cm³/mol. The average Bonchev–Trinajstić information content (AvgIpc) is 1.84. The molecule has 0 saturated carbocycles. The maximum atomic E-state index is 10.2. The fourth-order valence-corrected chi connectivity index (χ4v) is 0.803. The molecule has 0 rings (SSSR count). The third-order valence-corrected chi connectivity index (χ3v) is 1.52. The number of carboxylic acid groups (broad SMARTS) is 1. The van der Waals surface area contributed by atoms with E-state index in [0.717, 1.165) is 0 Å². The predicted octanol–water partition coefficient (Wildman–Crippen LogP) is -2.19. The summed E-state index contributed by atoms with van der Waals surface area (Å²) in [5.41, 5.74) is 9.26. The van der Waals surface area contributed by atoms with Crippen LogP contribution in [0.4, 0.5) is 0 Å². The summed E-state index contributed by atoms with van der Waals surface area (Å²) in [7, 11) is 1.47. The van der Waals surface area contributed by atoms with Gasteiger partial charge in [0.2, 0.25) is 0 Å². The Labute approximate surface area is 72.1 Å². The van der Waals surface area contributed by atoms with E-state index in [0.29, 0.717) is 19.3 Å². The minimum Gasteiger partial charge on any atom is -0.480 e. The summed E-state index contributed by atoms with van der Waals surface area (Å²) in [6.45, 7) is 0. The smallest absolute Gasteiger partial charge is 0.320 e. The van der Waals surface area contributed by atoms with Crippen molar-refractivity contribution in [2.24, 2.45) is 11.5 Å². The van der Waals surface area contributed by atoms with Crippen molar-refractivity contribution in [2.75, 3.05) is 0 Å². The van der Waals surface area contributed by atoms with Gasteiger partial charge in [0.1, 0.15) is 6.04 Å². The first-order valence-corrected chi connectivity index (χ1v) is 3.82. The van der Waals surface area contributed by atoms with Gasteiger partial charge in [0.15, 0.2) is 7.85 Å². The zero-order valence-electron chi connectivity index (χ0n) is 7.16. The van der Waals surface area contributed by atoms with Crippen molar-refractivity contribution in [3.8, 4) is 0 Å². The number of aliphatic carboxylic acids is 1. The van der Waals surface area contributed by atoms with Gasteiger partial charge in [-0.05, 0) is 19.3 Å². The molecule has 0 aliphatic rings. The molecule has 2 atom stereocenters. The van der Waals surface area contributed by atoms with Gasteiger partial charge in [-0.15, -0.1) is 0 Å². The van der Waals surface area contributed by atoms with E-state index >= 15 is 0 Å². The first-order valence-electron chi connectivity index (χ1n) is 3.82. The third kappa shape index (κ3) is 6.15. The van der Waals surface area contributed by atoms with Crippen molar-refractivity contribution in [2.45, 2.75) is 30.9 Å². The van der Waals surface area contributed by atoms with Crippen molar-refractivity contribution in [1.29, 1.82) is 0 Å². The molecule has 0 aliphatic carbocycles. The van der Waals surface area contributed by atoms with Gasteiger partial charge in [0.25, 0.3) is 0 Å². The standard InChI is InChI=1S/C6H15BN2O3/c7-6(9,12)3-1-2-4(8)5(10)11/h4,12H,1-3,7-9H2,(H,10,11). The van der Waals surface area contributed by atoms with Crippen molar-refractivity contribution in [1.82, 2.24) is 0 Å². The second-order valence-corrected chi connectivity index (χ2v) is 3.19. The maximum absolute atomic E-state index is 10.2. The van der Waals surface area contributed by atoms with E-state index in [1.165, 1.54) is 7.85 Å². The van der Waals surface area contributed by atoms with Crippen LogP contribution in [0.5, 0.6) is 0 Å². The molecule has 0 bridgehead atoms. The molecule has 0 saturated heterocycles. The summed E-state index contributed by atoms with van der Waals surface area (Å²) in [5.74, 6) is -1.02. The lowest BCUT2D eigenvalue weighted by molar-refractivity contribution is -0.138. The fourth-order valence-electron chi connectivity index (χ4n) is 0.803. The van der Waals surface area contributed by atoms with Crippen molar-refractivity contribution < 1.29 is 15.0 Å². The van der Waals surface area contributed by atoms with Gasteiger partial charge in [0.05, 0.1) is 5.62 Å². The van der Waals surface area contributed by atoms with E-state index in [1.54, 1.807) is 0 Å². The van der Waals surface area contributed by atoms with E-state index in [1.807, 2.05) is 0 Å². The number of hydrogen-bond acceptors (Lipinski definition) is 4. The van der Waals surface area contributed by atoms with E-state index in [2.05, 4.69) is 0 Å². The lowest BCUT2D eigenvalue weighted by Gasteiger charge is -2.17. The Morgan fingerprint density at radius 2 is 2.17 bits per heavy atom. The van der Waals surface area contributed by atoms with Crippen LogP contribution in [0.1, 0.15) is 19.3 Å². The number of nitrogens with two attached hydrogens (primary N) is 2. The van der Waals surface area contributed by atoms with Crippen LogP contribution in [-0.2, 0) is 4.79 Å². The molecule has 0 spiro atoms. The van der Waals surface area contributed by atoms with Crippen LogP contribution in [-0.4, -0.2) is 35.7 Å². The Hall–Kier alpha value is -0.585. The summed E-state index contributed by atoms with van der Waals surface area (Å²) in [6, 6.07) is -0.854. The first kappa shape index (κ1) is 11.4. The van der Waals surface area contributed by atoms with Gasteiger partial charge in [-0.2, -0.15) is 0 Å². The maximum Gasteiger partial charge on any atom is 0.320 e. The van der Waals surface area contributed by atoms with E-state index in [4.69, 9.17) is 21.7 Å². The molecule has 0 aromatic rings. The van der Waals surface area contributed by atoms with E-state index in [-0.39, 0.29) is 0 Å². The molecular weight excluding hydrogens is 159 g/mol. The minimum absolute atomic E-state index is 0.336. The van der Waals surface area contributed by atoms with Gasteiger partial charge in [-0.1, -0.05) is 0 Å². The molecule has 0 heterocycles. The molecule has 12 heavy (non-hydrogen) atoms. The Morgan fingerprint density at radius 3 is 2.50 bits per heavy atom. The Kier molecular flexibility index (Phi) is 4.23. The molecule has 2 unspecified atom stereocenters. The average molecular weight is 174 g/mol. The second-order valence-electron chi connectivity index (χ2n) is 3.19. The Balaban J connectivity index is 3.51. The molecule has 0 fully saturated rings. The quantitative estimate of drug-likeness (QED) is 0.279. The number of hydrogen-bond donors (Lipinski definition) is 4. The second kappa shape index (κ2) is 4.44. The first-order chi connectivity index (χ1) is 5.33. The minimum atomic E-state index is -1.22. The fraction of sp³-hybridized carbons (Fsp3) is 0.833. The molecule has 70 valence electrons. The molecule has 0 aromatic heterocycles. The SMILES string of the molecule is BC(N)(O)CCCC(N)C(=O)O. The van der Waals surface area contributed by atoms with Crippen LogP contribution in [0.3, 0.4) is 0 Å². The van der Waals surface area contributed by atoms with Gasteiger partial charge in [-0.25, -0.2) is 0 Å². The highest BCUT2D eigenvalue weighted by molar-refractivity contribution is 6.13. The lowest BCUT2D eigenvalue weighted by Crippen LogP contribution is -2.40. The van der Waals surface area contributed by atoms with E-state index < -0.39 is 17.6 Å². The normalized spacial score (nSPS) is 18.2. The van der Waals surface area contributed by atoms with Crippen LogP contribution in [0.15, 0.2) is 0 Å². The van der Waals surface area contributed by atoms with Crippen LogP contribution in [0, 0.1) is 0 Å². The largest absolute Gasteiger partial charge is 0.480 e. The van der Waals surface area contributed by atoms with Crippen molar-refractivity contribution in [3.63, 3.8) is 0 Å². The number of aliphatic hydroxyl groups is 1. The highest BCUT2D eigenvalue weighted by Gasteiger charge is 2.15. The topological polar surface area (TPSA) is 110 Å². The third-order valence-electron chi connectivity index (χ3n) is 1.52.